The van der Waals surface area contributed by atoms with E-state index in [2.05, 4.69) is 15.2 Å². The van der Waals surface area contributed by atoms with Gasteiger partial charge in [-0.3, -0.25) is 9.55 Å². The molecule has 2 heterocycles. The second-order valence-corrected chi connectivity index (χ2v) is 7.31. The van der Waals surface area contributed by atoms with Crippen LogP contribution >= 0.6 is 23.4 Å². The molecule has 140 valence electrons. The van der Waals surface area contributed by atoms with Crippen LogP contribution in [0.15, 0.2) is 78.2 Å². The van der Waals surface area contributed by atoms with Gasteiger partial charge < -0.3 is 4.74 Å². The van der Waals surface area contributed by atoms with Crippen LogP contribution < -0.4 is 4.74 Å². The molecule has 0 atom stereocenters. The summed E-state index contributed by atoms with van der Waals surface area (Å²) in [6.07, 6.45) is 3.53. The number of ether oxygens (including phenoxy) is 1. The summed E-state index contributed by atoms with van der Waals surface area (Å²) in [5, 5.41) is 10.4. The summed E-state index contributed by atoms with van der Waals surface area (Å²) in [6.45, 7) is 0. The molecule has 4 aromatic rings. The molecule has 0 saturated carbocycles. The van der Waals surface area contributed by atoms with Gasteiger partial charge in [0.2, 0.25) is 0 Å². The lowest BCUT2D eigenvalue weighted by Gasteiger charge is -2.11. The molecule has 0 bridgehead atoms. The molecule has 0 fully saturated rings. The van der Waals surface area contributed by atoms with Crippen molar-refractivity contribution < 1.29 is 4.74 Å². The zero-order chi connectivity index (χ0) is 19.3. The fraction of sp³-hybridized carbons (Fsp3) is 0.0952. The Balaban J connectivity index is 1.73. The molecule has 7 heteroatoms. The van der Waals surface area contributed by atoms with E-state index >= 15 is 0 Å². The Morgan fingerprint density at radius 1 is 1.00 bits per heavy atom. The molecule has 0 spiro atoms. The van der Waals surface area contributed by atoms with Crippen LogP contribution in [0.3, 0.4) is 0 Å². The predicted octanol–water partition coefficient (Wildman–Crippen LogP) is 5.28. The van der Waals surface area contributed by atoms with Gasteiger partial charge in [-0.1, -0.05) is 41.6 Å². The van der Waals surface area contributed by atoms with Crippen LogP contribution in [0.1, 0.15) is 5.56 Å². The van der Waals surface area contributed by atoms with E-state index in [-0.39, 0.29) is 0 Å². The first-order valence-electron chi connectivity index (χ1n) is 8.62. The molecular weight excluding hydrogens is 392 g/mol. The molecule has 0 aliphatic heterocycles. The number of pyridine rings is 1. The molecule has 0 aliphatic rings. The molecule has 5 nitrogen and oxygen atoms in total. The van der Waals surface area contributed by atoms with Crippen LogP contribution in [0.4, 0.5) is 0 Å². The molecule has 0 amide bonds. The van der Waals surface area contributed by atoms with E-state index < -0.39 is 0 Å². The summed E-state index contributed by atoms with van der Waals surface area (Å²) in [5.41, 5.74) is 2.91. The minimum atomic E-state index is 0.695. The standard InChI is InChI=1S/C21H17ClN4OS/c1-27-18-10-8-17(9-11-18)26-20(15-6-4-12-23-13-15)24-25-21(26)28-14-16-5-2-3-7-19(16)22/h2-13H,14H2,1H3. The Morgan fingerprint density at radius 2 is 1.82 bits per heavy atom. The average Bonchev–Trinajstić information content (AvgIpc) is 3.18. The summed E-state index contributed by atoms with van der Waals surface area (Å²) in [7, 11) is 1.65. The van der Waals surface area contributed by atoms with Crippen molar-refractivity contribution in [3.8, 4) is 22.8 Å². The van der Waals surface area contributed by atoms with E-state index in [1.54, 1.807) is 31.3 Å². The summed E-state index contributed by atoms with van der Waals surface area (Å²) < 4.78 is 7.31. The molecule has 4 rings (SSSR count). The smallest absolute Gasteiger partial charge is 0.196 e. The number of halogens is 1. The van der Waals surface area contributed by atoms with Crippen molar-refractivity contribution >= 4 is 23.4 Å². The third-order valence-electron chi connectivity index (χ3n) is 4.20. The van der Waals surface area contributed by atoms with Crippen molar-refractivity contribution in [2.75, 3.05) is 7.11 Å². The van der Waals surface area contributed by atoms with Gasteiger partial charge in [-0.2, -0.15) is 0 Å². The number of hydrogen-bond acceptors (Lipinski definition) is 5. The molecule has 0 N–H and O–H groups in total. The highest BCUT2D eigenvalue weighted by Gasteiger charge is 2.17. The van der Waals surface area contributed by atoms with E-state index in [4.69, 9.17) is 16.3 Å². The van der Waals surface area contributed by atoms with Crippen LogP contribution in [-0.2, 0) is 5.75 Å². The zero-order valence-corrected chi connectivity index (χ0v) is 16.7. The van der Waals surface area contributed by atoms with Gasteiger partial charge in [-0.25, -0.2) is 0 Å². The highest BCUT2D eigenvalue weighted by Crippen LogP contribution is 2.31. The highest BCUT2D eigenvalue weighted by atomic mass is 35.5. The maximum Gasteiger partial charge on any atom is 0.196 e. The Labute approximate surface area is 172 Å². The SMILES string of the molecule is COc1ccc(-n2c(SCc3ccccc3Cl)nnc2-c2cccnc2)cc1. The molecule has 28 heavy (non-hydrogen) atoms. The highest BCUT2D eigenvalue weighted by molar-refractivity contribution is 7.98. The minimum Gasteiger partial charge on any atom is -0.497 e. The van der Waals surface area contributed by atoms with Gasteiger partial charge in [-0.05, 0) is 48.0 Å². The van der Waals surface area contributed by atoms with Crippen LogP contribution in [0.2, 0.25) is 5.02 Å². The van der Waals surface area contributed by atoms with E-state index in [0.717, 1.165) is 38.6 Å². The fourth-order valence-electron chi connectivity index (χ4n) is 2.77. The second-order valence-electron chi connectivity index (χ2n) is 5.96. The molecule has 2 aromatic heterocycles. The summed E-state index contributed by atoms with van der Waals surface area (Å²) >= 11 is 7.89. The number of hydrogen-bond donors (Lipinski definition) is 0. The Kier molecular flexibility index (Phi) is 5.60. The van der Waals surface area contributed by atoms with Crippen molar-refractivity contribution in [2.45, 2.75) is 10.9 Å². The Hall–Kier alpha value is -2.83. The number of aromatic nitrogens is 4. The van der Waals surface area contributed by atoms with E-state index in [9.17, 15) is 0 Å². The molecule has 0 saturated heterocycles. The lowest BCUT2D eigenvalue weighted by Crippen LogP contribution is -2.00. The number of rotatable bonds is 6. The zero-order valence-electron chi connectivity index (χ0n) is 15.1. The minimum absolute atomic E-state index is 0.695. The van der Waals surface area contributed by atoms with Crippen LogP contribution in [0.25, 0.3) is 17.1 Å². The third-order valence-corrected chi connectivity index (χ3v) is 5.54. The molecule has 0 aliphatic carbocycles. The first-order chi connectivity index (χ1) is 13.8. The average molecular weight is 409 g/mol. The van der Waals surface area contributed by atoms with Gasteiger partial charge >= 0.3 is 0 Å². The Bertz CT molecular complexity index is 1070. The van der Waals surface area contributed by atoms with Crippen molar-refractivity contribution in [1.82, 2.24) is 19.7 Å². The summed E-state index contributed by atoms with van der Waals surface area (Å²) in [6, 6.07) is 19.5. The first-order valence-corrected chi connectivity index (χ1v) is 9.99. The summed E-state index contributed by atoms with van der Waals surface area (Å²) in [5.74, 6) is 2.23. The first kappa shape index (κ1) is 18.5. The normalized spacial score (nSPS) is 10.8. The lowest BCUT2D eigenvalue weighted by molar-refractivity contribution is 0.414. The van der Waals surface area contributed by atoms with Gasteiger partial charge in [-0.15, -0.1) is 10.2 Å². The maximum atomic E-state index is 6.30. The number of nitrogens with zero attached hydrogens (tertiary/aromatic N) is 4. The number of methoxy groups -OCH3 is 1. The van der Waals surface area contributed by atoms with E-state index in [0.29, 0.717) is 5.75 Å². The molecule has 0 unspecified atom stereocenters. The second kappa shape index (κ2) is 8.46. The molecule has 0 radical (unpaired) electrons. The number of benzene rings is 2. The third kappa shape index (κ3) is 3.88. The van der Waals surface area contributed by atoms with Crippen molar-refractivity contribution in [3.63, 3.8) is 0 Å². The van der Waals surface area contributed by atoms with Crippen LogP contribution in [0, 0.1) is 0 Å². The van der Waals surface area contributed by atoms with Crippen LogP contribution in [-0.4, -0.2) is 26.9 Å². The molecular formula is C21H17ClN4OS. The van der Waals surface area contributed by atoms with E-state index in [1.165, 1.54) is 0 Å². The molecule has 2 aromatic carbocycles. The van der Waals surface area contributed by atoms with Gasteiger partial charge in [0.1, 0.15) is 5.75 Å². The van der Waals surface area contributed by atoms with Gasteiger partial charge in [0.05, 0.1) is 7.11 Å². The number of thioether (sulfide) groups is 1. The van der Waals surface area contributed by atoms with Gasteiger partial charge in [0, 0.05) is 34.4 Å². The van der Waals surface area contributed by atoms with Gasteiger partial charge in [0.15, 0.2) is 11.0 Å². The van der Waals surface area contributed by atoms with E-state index in [1.807, 2.05) is 65.2 Å². The summed E-state index contributed by atoms with van der Waals surface area (Å²) in [4.78, 5) is 4.21. The fourth-order valence-corrected chi connectivity index (χ4v) is 4.00. The monoisotopic (exact) mass is 408 g/mol. The van der Waals surface area contributed by atoms with Crippen LogP contribution in [0.5, 0.6) is 5.75 Å². The van der Waals surface area contributed by atoms with Crippen molar-refractivity contribution in [3.05, 3.63) is 83.6 Å². The van der Waals surface area contributed by atoms with Crippen molar-refractivity contribution in [1.29, 1.82) is 0 Å². The quantitative estimate of drug-likeness (QED) is 0.406. The maximum absolute atomic E-state index is 6.30. The predicted molar refractivity (Wildman–Crippen MR) is 112 cm³/mol. The largest absolute Gasteiger partial charge is 0.497 e. The Morgan fingerprint density at radius 3 is 2.54 bits per heavy atom. The van der Waals surface area contributed by atoms with Crippen molar-refractivity contribution in [2.24, 2.45) is 0 Å². The van der Waals surface area contributed by atoms with Gasteiger partial charge in [0.25, 0.3) is 0 Å². The topological polar surface area (TPSA) is 52.8 Å². The lowest BCUT2D eigenvalue weighted by atomic mass is 10.2.